The van der Waals surface area contributed by atoms with Crippen LogP contribution in [0.2, 0.25) is 0 Å². The summed E-state index contributed by atoms with van der Waals surface area (Å²) in [6.45, 7) is 9.48. The Bertz CT molecular complexity index is 796. The van der Waals surface area contributed by atoms with Crippen LogP contribution in [0.1, 0.15) is 37.2 Å². The molecule has 0 atom stereocenters. The summed E-state index contributed by atoms with van der Waals surface area (Å²) in [5.41, 5.74) is 3.05. The lowest BCUT2D eigenvalue weighted by molar-refractivity contribution is -0.123. The van der Waals surface area contributed by atoms with Crippen molar-refractivity contribution in [2.45, 2.75) is 52.7 Å². The fourth-order valence-corrected chi connectivity index (χ4v) is 3.25. The van der Waals surface area contributed by atoms with Gasteiger partial charge in [0.25, 0.3) is 5.91 Å². The molecule has 6 nitrogen and oxygen atoms in total. The molecular weight excluding hydrogens is 330 g/mol. The Hall–Kier alpha value is -2.50. The van der Waals surface area contributed by atoms with Crippen LogP contribution in [0.25, 0.3) is 0 Å². The third-order valence-electron chi connectivity index (χ3n) is 4.39. The average molecular weight is 357 g/mol. The van der Waals surface area contributed by atoms with Gasteiger partial charge in [0, 0.05) is 30.8 Å². The van der Waals surface area contributed by atoms with E-state index in [4.69, 9.17) is 9.47 Å². The molecular formula is C20H27N3O3. The first-order chi connectivity index (χ1) is 12.3. The maximum Gasteiger partial charge on any atom is 0.257 e. The van der Waals surface area contributed by atoms with Gasteiger partial charge in [0.2, 0.25) is 0 Å². The molecule has 3 rings (SSSR count). The molecule has 26 heavy (non-hydrogen) atoms. The van der Waals surface area contributed by atoms with Gasteiger partial charge in [-0.25, -0.2) is 0 Å². The van der Waals surface area contributed by atoms with Gasteiger partial charge < -0.3 is 14.8 Å². The number of nitrogens with one attached hydrogen (secondary N) is 1. The minimum atomic E-state index is -0.229. The number of carbonyl (C=O) groups excluding carboxylic acids is 1. The normalized spacial score (nSPS) is 14.6. The lowest BCUT2D eigenvalue weighted by atomic mass is 10.0. The Morgan fingerprint density at radius 2 is 2.19 bits per heavy atom. The Labute approximate surface area is 154 Å². The van der Waals surface area contributed by atoms with E-state index in [0.717, 1.165) is 42.1 Å². The van der Waals surface area contributed by atoms with Crippen LogP contribution in [0, 0.1) is 13.8 Å². The van der Waals surface area contributed by atoms with Crippen molar-refractivity contribution in [1.82, 2.24) is 15.1 Å². The zero-order valence-corrected chi connectivity index (χ0v) is 16.0. The highest BCUT2D eigenvalue weighted by Crippen LogP contribution is 2.41. The molecule has 1 aromatic heterocycles. The van der Waals surface area contributed by atoms with Crippen LogP contribution >= 0.6 is 0 Å². The molecule has 0 unspecified atom stereocenters. The fourth-order valence-electron chi connectivity index (χ4n) is 3.25. The summed E-state index contributed by atoms with van der Waals surface area (Å²) in [7, 11) is 0. The number of amides is 1. The highest BCUT2D eigenvalue weighted by atomic mass is 16.5. The molecule has 140 valence electrons. The fraction of sp³-hybridized carbons (Fsp3) is 0.500. The number of aromatic nitrogens is 2. The lowest BCUT2D eigenvalue weighted by Gasteiger charge is -2.18. The van der Waals surface area contributed by atoms with Crippen molar-refractivity contribution in [2.75, 3.05) is 13.2 Å². The average Bonchev–Trinajstić information content (AvgIpc) is 3.06. The van der Waals surface area contributed by atoms with Gasteiger partial charge in [-0.2, -0.15) is 5.10 Å². The molecule has 1 N–H and O–H groups in total. The summed E-state index contributed by atoms with van der Waals surface area (Å²) < 4.78 is 13.6. The standard InChI is InChI=1S/C20H27N3O3/c1-14-11-15(2)23(22-14)10-6-9-21-18(24)13-25-17-8-5-7-16-12-20(3,4)26-19(16)17/h5,7-8,11H,6,9-10,12-13H2,1-4H3,(H,21,24). The minimum Gasteiger partial charge on any atom is -0.483 e. The van der Waals surface area contributed by atoms with Crippen LogP contribution in [-0.4, -0.2) is 34.4 Å². The Balaban J connectivity index is 1.43. The summed E-state index contributed by atoms with van der Waals surface area (Å²) in [6.07, 6.45) is 1.67. The molecule has 1 amide bonds. The molecule has 0 fully saturated rings. The maximum atomic E-state index is 12.0. The summed E-state index contributed by atoms with van der Waals surface area (Å²) >= 11 is 0. The Kier molecular flexibility index (Phi) is 5.20. The number of hydrogen-bond donors (Lipinski definition) is 1. The number of aryl methyl sites for hydroxylation is 3. The van der Waals surface area contributed by atoms with E-state index >= 15 is 0 Å². The van der Waals surface area contributed by atoms with Crippen molar-refractivity contribution in [1.29, 1.82) is 0 Å². The van der Waals surface area contributed by atoms with Crippen molar-refractivity contribution in [2.24, 2.45) is 0 Å². The van der Waals surface area contributed by atoms with Crippen molar-refractivity contribution in [3.05, 3.63) is 41.2 Å². The highest BCUT2D eigenvalue weighted by Gasteiger charge is 2.32. The van der Waals surface area contributed by atoms with Gasteiger partial charge in [0.05, 0.1) is 5.69 Å². The molecule has 2 heterocycles. The van der Waals surface area contributed by atoms with E-state index in [1.807, 2.05) is 56.6 Å². The summed E-state index contributed by atoms with van der Waals surface area (Å²) in [6, 6.07) is 7.87. The zero-order chi connectivity index (χ0) is 18.7. The SMILES string of the molecule is Cc1cc(C)n(CCCNC(=O)COc2cccc3c2OC(C)(C)C3)n1. The van der Waals surface area contributed by atoms with Crippen molar-refractivity contribution < 1.29 is 14.3 Å². The first-order valence-electron chi connectivity index (χ1n) is 9.05. The van der Waals surface area contributed by atoms with E-state index in [9.17, 15) is 4.79 Å². The molecule has 2 aromatic rings. The summed E-state index contributed by atoms with van der Waals surface area (Å²) in [5.74, 6) is 1.26. The van der Waals surface area contributed by atoms with Crippen LogP contribution in [0.5, 0.6) is 11.5 Å². The molecule has 0 saturated heterocycles. The van der Waals surface area contributed by atoms with Gasteiger partial charge in [0.1, 0.15) is 5.60 Å². The van der Waals surface area contributed by atoms with E-state index in [-0.39, 0.29) is 18.1 Å². The molecule has 1 aliphatic rings. The quantitative estimate of drug-likeness (QED) is 0.774. The number of benzene rings is 1. The van der Waals surface area contributed by atoms with Gasteiger partial charge in [0.15, 0.2) is 18.1 Å². The number of ether oxygens (including phenoxy) is 2. The number of rotatable bonds is 7. The molecule has 6 heteroatoms. The van der Waals surface area contributed by atoms with Crippen LogP contribution in [0.15, 0.2) is 24.3 Å². The van der Waals surface area contributed by atoms with Gasteiger partial charge in [-0.15, -0.1) is 0 Å². The number of hydrogen-bond acceptors (Lipinski definition) is 4. The van der Waals surface area contributed by atoms with Crippen LogP contribution in [-0.2, 0) is 17.8 Å². The second-order valence-corrected chi connectivity index (χ2v) is 7.43. The van der Waals surface area contributed by atoms with E-state index < -0.39 is 0 Å². The minimum absolute atomic E-state index is 0.0137. The van der Waals surface area contributed by atoms with Crippen LogP contribution in [0.4, 0.5) is 0 Å². The number of para-hydroxylation sites is 1. The number of nitrogens with zero attached hydrogens (tertiary/aromatic N) is 2. The van der Waals surface area contributed by atoms with Gasteiger partial charge in [-0.3, -0.25) is 9.48 Å². The third-order valence-corrected chi connectivity index (χ3v) is 4.39. The number of fused-ring (bicyclic) bond motifs is 1. The second-order valence-electron chi connectivity index (χ2n) is 7.43. The molecule has 0 spiro atoms. The van der Waals surface area contributed by atoms with E-state index in [1.165, 1.54) is 0 Å². The van der Waals surface area contributed by atoms with Crippen molar-refractivity contribution in [3.8, 4) is 11.5 Å². The van der Waals surface area contributed by atoms with Gasteiger partial charge >= 0.3 is 0 Å². The topological polar surface area (TPSA) is 65.4 Å². The molecule has 0 aliphatic carbocycles. The third kappa shape index (κ3) is 4.36. The molecule has 0 radical (unpaired) electrons. The monoisotopic (exact) mass is 357 g/mol. The lowest BCUT2D eigenvalue weighted by Crippen LogP contribution is -2.30. The molecule has 0 bridgehead atoms. The van der Waals surface area contributed by atoms with Gasteiger partial charge in [-0.05, 0) is 46.2 Å². The molecule has 0 saturated carbocycles. The van der Waals surface area contributed by atoms with Crippen molar-refractivity contribution >= 4 is 5.91 Å². The first kappa shape index (κ1) is 18.3. The predicted octanol–water partition coefficient (Wildman–Crippen LogP) is 2.80. The summed E-state index contributed by atoms with van der Waals surface area (Å²) in [5, 5.41) is 7.30. The predicted molar refractivity (Wildman–Crippen MR) is 99.7 cm³/mol. The Morgan fingerprint density at radius 1 is 1.38 bits per heavy atom. The zero-order valence-electron chi connectivity index (χ0n) is 16.0. The molecule has 1 aromatic carbocycles. The van der Waals surface area contributed by atoms with Gasteiger partial charge in [-0.1, -0.05) is 12.1 Å². The van der Waals surface area contributed by atoms with E-state index in [0.29, 0.717) is 12.3 Å². The highest BCUT2D eigenvalue weighted by molar-refractivity contribution is 5.77. The number of carbonyl (C=O) groups is 1. The van der Waals surface area contributed by atoms with E-state index in [1.54, 1.807) is 0 Å². The van der Waals surface area contributed by atoms with E-state index in [2.05, 4.69) is 10.4 Å². The largest absolute Gasteiger partial charge is 0.483 e. The summed E-state index contributed by atoms with van der Waals surface area (Å²) in [4.78, 5) is 12.0. The maximum absolute atomic E-state index is 12.0. The molecule has 1 aliphatic heterocycles. The van der Waals surface area contributed by atoms with Crippen molar-refractivity contribution in [3.63, 3.8) is 0 Å². The smallest absolute Gasteiger partial charge is 0.257 e. The second kappa shape index (κ2) is 7.40. The van der Waals surface area contributed by atoms with Crippen LogP contribution in [0.3, 0.4) is 0 Å². The van der Waals surface area contributed by atoms with Crippen LogP contribution < -0.4 is 14.8 Å². The Morgan fingerprint density at radius 3 is 2.92 bits per heavy atom. The first-order valence-corrected chi connectivity index (χ1v) is 9.05.